The molecule has 0 bridgehead atoms. The topological polar surface area (TPSA) is 84.9 Å². The molecule has 1 atom stereocenters. The number of nitrogens with zero attached hydrogens (tertiary/aromatic N) is 2. The lowest BCUT2D eigenvalue weighted by atomic mass is 9.98. The molecule has 0 fully saturated rings. The molecule has 0 radical (unpaired) electrons. The van der Waals surface area contributed by atoms with Gasteiger partial charge in [0.1, 0.15) is 5.92 Å². The third-order valence-corrected chi connectivity index (χ3v) is 1.32. The van der Waals surface area contributed by atoms with Crippen LogP contribution in [0.1, 0.15) is 13.3 Å². The summed E-state index contributed by atoms with van der Waals surface area (Å²) in [6.45, 7) is 1.48. The molecule has 0 saturated carbocycles. The minimum atomic E-state index is -0.972. The van der Waals surface area contributed by atoms with E-state index in [-0.39, 0.29) is 6.42 Å². The summed E-state index contributed by atoms with van der Waals surface area (Å²) in [5.41, 5.74) is 0. The maximum atomic E-state index is 10.2. The summed E-state index contributed by atoms with van der Waals surface area (Å²) < 4.78 is 0. The Kier molecular flexibility index (Phi) is 3.69. The van der Waals surface area contributed by atoms with E-state index in [4.69, 9.17) is 15.6 Å². The van der Waals surface area contributed by atoms with Gasteiger partial charge in [0.05, 0.1) is 18.1 Å². The van der Waals surface area contributed by atoms with E-state index in [9.17, 15) is 4.79 Å². The largest absolute Gasteiger partial charge is 0.481 e. The second-order valence-corrected chi connectivity index (χ2v) is 2.29. The first-order chi connectivity index (χ1) is 5.11. The van der Waals surface area contributed by atoms with E-state index in [0.29, 0.717) is 0 Å². The van der Waals surface area contributed by atoms with Crippen molar-refractivity contribution >= 4 is 5.97 Å². The van der Waals surface area contributed by atoms with Crippen LogP contribution >= 0.6 is 0 Å². The van der Waals surface area contributed by atoms with Crippen LogP contribution < -0.4 is 0 Å². The van der Waals surface area contributed by atoms with Crippen molar-refractivity contribution in [2.24, 2.45) is 11.8 Å². The molecular weight excluding hydrogens is 144 g/mol. The van der Waals surface area contributed by atoms with Crippen molar-refractivity contribution in [3.8, 4) is 12.1 Å². The lowest BCUT2D eigenvalue weighted by molar-refractivity contribution is -0.141. The summed E-state index contributed by atoms with van der Waals surface area (Å²) >= 11 is 0. The molecule has 0 rings (SSSR count). The molecule has 0 aliphatic heterocycles. The molecule has 0 aromatic carbocycles. The van der Waals surface area contributed by atoms with Crippen molar-refractivity contribution in [1.29, 1.82) is 10.5 Å². The van der Waals surface area contributed by atoms with Gasteiger partial charge in [-0.15, -0.1) is 0 Å². The van der Waals surface area contributed by atoms with Crippen LogP contribution in [0.25, 0.3) is 0 Å². The Bertz CT molecular complexity index is 210. The minimum absolute atomic E-state index is 0.0995. The average Bonchev–Trinajstić information content (AvgIpc) is 1.99. The molecule has 0 amide bonds. The van der Waals surface area contributed by atoms with Crippen LogP contribution in [-0.2, 0) is 4.79 Å². The average molecular weight is 152 g/mol. The van der Waals surface area contributed by atoms with Gasteiger partial charge in [-0.2, -0.15) is 10.5 Å². The van der Waals surface area contributed by atoms with Crippen LogP contribution in [0.4, 0.5) is 0 Å². The molecule has 0 aromatic rings. The fraction of sp³-hybridized carbons (Fsp3) is 0.571. The summed E-state index contributed by atoms with van der Waals surface area (Å²) in [5.74, 6) is -2.40. The molecule has 11 heavy (non-hydrogen) atoms. The molecule has 58 valence electrons. The zero-order valence-electron chi connectivity index (χ0n) is 6.11. The number of carbonyl (C=O) groups is 1. The first-order valence-electron chi connectivity index (χ1n) is 3.13. The molecular formula is C7H8N2O2. The van der Waals surface area contributed by atoms with E-state index in [1.165, 1.54) is 6.92 Å². The highest BCUT2D eigenvalue weighted by Crippen LogP contribution is 2.10. The molecule has 1 N–H and O–H groups in total. The van der Waals surface area contributed by atoms with Crippen LogP contribution in [0.2, 0.25) is 0 Å². The fourth-order valence-corrected chi connectivity index (χ4v) is 0.589. The third-order valence-electron chi connectivity index (χ3n) is 1.32. The van der Waals surface area contributed by atoms with Crippen molar-refractivity contribution in [3.05, 3.63) is 0 Å². The van der Waals surface area contributed by atoms with Gasteiger partial charge in [0.25, 0.3) is 0 Å². The van der Waals surface area contributed by atoms with Crippen molar-refractivity contribution < 1.29 is 9.90 Å². The number of aliphatic carboxylic acids is 1. The molecule has 4 nitrogen and oxygen atoms in total. The summed E-state index contributed by atoms with van der Waals surface area (Å²) in [5, 5.41) is 25.0. The number of hydrogen-bond donors (Lipinski definition) is 1. The molecule has 0 aromatic heterocycles. The number of carboxylic acid groups (broad SMARTS) is 1. The van der Waals surface area contributed by atoms with E-state index in [2.05, 4.69) is 0 Å². The summed E-state index contributed by atoms with van der Waals surface area (Å²) in [4.78, 5) is 10.2. The van der Waals surface area contributed by atoms with Crippen molar-refractivity contribution in [2.75, 3.05) is 0 Å². The van der Waals surface area contributed by atoms with E-state index < -0.39 is 17.8 Å². The molecule has 0 saturated heterocycles. The summed E-state index contributed by atoms with van der Waals surface area (Å²) in [6, 6.07) is 3.43. The maximum absolute atomic E-state index is 10.2. The van der Waals surface area contributed by atoms with Crippen LogP contribution in [0.5, 0.6) is 0 Å². The quantitative estimate of drug-likeness (QED) is 0.646. The fourth-order valence-electron chi connectivity index (χ4n) is 0.589. The second kappa shape index (κ2) is 4.29. The van der Waals surface area contributed by atoms with Crippen LogP contribution in [0.3, 0.4) is 0 Å². The van der Waals surface area contributed by atoms with E-state index in [0.717, 1.165) is 0 Å². The van der Waals surface area contributed by atoms with Gasteiger partial charge in [-0.1, -0.05) is 6.92 Å². The van der Waals surface area contributed by atoms with E-state index in [1.807, 2.05) is 0 Å². The SMILES string of the molecule is CC(CC(C#N)C#N)C(=O)O. The monoisotopic (exact) mass is 152 g/mol. The smallest absolute Gasteiger partial charge is 0.306 e. The number of nitriles is 2. The van der Waals surface area contributed by atoms with Crippen LogP contribution in [0.15, 0.2) is 0 Å². The highest BCUT2D eigenvalue weighted by molar-refractivity contribution is 5.69. The van der Waals surface area contributed by atoms with Gasteiger partial charge in [0.2, 0.25) is 0 Å². The molecule has 4 heteroatoms. The maximum Gasteiger partial charge on any atom is 0.306 e. The van der Waals surface area contributed by atoms with Gasteiger partial charge in [-0.05, 0) is 6.42 Å². The van der Waals surface area contributed by atoms with Gasteiger partial charge in [0.15, 0.2) is 0 Å². The normalized spacial score (nSPS) is 11.6. The first kappa shape index (κ1) is 9.45. The summed E-state index contributed by atoms with van der Waals surface area (Å²) in [6.07, 6.45) is 0.0995. The van der Waals surface area contributed by atoms with Crippen molar-refractivity contribution in [2.45, 2.75) is 13.3 Å². The van der Waals surface area contributed by atoms with Gasteiger partial charge >= 0.3 is 5.97 Å². The van der Waals surface area contributed by atoms with Gasteiger partial charge < -0.3 is 5.11 Å². The Morgan fingerprint density at radius 1 is 1.55 bits per heavy atom. The Morgan fingerprint density at radius 3 is 2.27 bits per heavy atom. The number of carboxylic acids is 1. The van der Waals surface area contributed by atoms with E-state index >= 15 is 0 Å². The number of rotatable bonds is 3. The van der Waals surface area contributed by atoms with Gasteiger partial charge in [0, 0.05) is 0 Å². The molecule has 0 heterocycles. The minimum Gasteiger partial charge on any atom is -0.481 e. The van der Waals surface area contributed by atoms with Crippen molar-refractivity contribution in [3.63, 3.8) is 0 Å². The third kappa shape index (κ3) is 3.22. The lowest BCUT2D eigenvalue weighted by Gasteiger charge is -2.03. The Morgan fingerprint density at radius 2 is 2.00 bits per heavy atom. The van der Waals surface area contributed by atoms with Crippen LogP contribution in [-0.4, -0.2) is 11.1 Å². The Balaban J connectivity index is 3.97. The zero-order chi connectivity index (χ0) is 8.85. The van der Waals surface area contributed by atoms with Crippen molar-refractivity contribution in [1.82, 2.24) is 0 Å². The molecule has 0 aliphatic rings. The zero-order valence-corrected chi connectivity index (χ0v) is 6.11. The number of hydrogen-bond acceptors (Lipinski definition) is 3. The second-order valence-electron chi connectivity index (χ2n) is 2.29. The highest BCUT2D eigenvalue weighted by atomic mass is 16.4. The molecule has 0 aliphatic carbocycles. The summed E-state index contributed by atoms with van der Waals surface area (Å²) in [7, 11) is 0. The van der Waals surface area contributed by atoms with Crippen LogP contribution in [0, 0.1) is 34.5 Å². The molecule has 1 unspecified atom stereocenters. The van der Waals surface area contributed by atoms with Gasteiger partial charge in [-0.3, -0.25) is 4.79 Å². The standard InChI is InChI=1S/C7H8N2O2/c1-5(7(10)11)2-6(3-8)4-9/h5-6H,2H2,1H3,(H,10,11). The Hall–Kier alpha value is -1.55. The van der Waals surface area contributed by atoms with E-state index in [1.54, 1.807) is 12.1 Å². The lowest BCUT2D eigenvalue weighted by Crippen LogP contribution is -2.12. The Labute approximate surface area is 64.7 Å². The highest BCUT2D eigenvalue weighted by Gasteiger charge is 2.16. The van der Waals surface area contributed by atoms with Gasteiger partial charge in [-0.25, -0.2) is 0 Å². The molecule has 0 spiro atoms. The predicted molar refractivity (Wildman–Crippen MR) is 36.1 cm³/mol. The predicted octanol–water partition coefficient (Wildman–Crippen LogP) is 0.761. The first-order valence-corrected chi connectivity index (χ1v) is 3.13.